The average molecular weight is 380 g/mol. The van der Waals surface area contributed by atoms with Crippen molar-refractivity contribution in [1.29, 1.82) is 0 Å². The number of aryl methyl sites for hydroxylation is 1. The predicted octanol–water partition coefficient (Wildman–Crippen LogP) is 2.50. The highest BCUT2D eigenvalue weighted by atomic mass is 16.5. The van der Waals surface area contributed by atoms with Crippen LogP contribution in [-0.4, -0.2) is 31.4 Å². The molecule has 2 amide bonds. The highest BCUT2D eigenvalue weighted by Crippen LogP contribution is 2.49. The van der Waals surface area contributed by atoms with Crippen molar-refractivity contribution in [2.45, 2.75) is 31.6 Å². The number of methoxy groups -OCH3 is 1. The van der Waals surface area contributed by atoms with Crippen LogP contribution in [0.4, 0.5) is 5.69 Å². The van der Waals surface area contributed by atoms with Crippen LogP contribution in [0.5, 0.6) is 0 Å². The topological polar surface area (TPSA) is 84.5 Å². The van der Waals surface area contributed by atoms with Gasteiger partial charge in [0, 0.05) is 5.69 Å². The molecule has 1 aliphatic rings. The maximum atomic E-state index is 12.8. The lowest BCUT2D eigenvalue weighted by Gasteiger charge is -2.16. The van der Waals surface area contributed by atoms with Crippen LogP contribution in [0, 0.1) is 6.92 Å². The summed E-state index contributed by atoms with van der Waals surface area (Å²) in [5.41, 5.74) is 3.26. The fraction of sp³-hybridized carbons (Fsp3) is 0.318. The first-order valence-electron chi connectivity index (χ1n) is 9.24. The summed E-state index contributed by atoms with van der Waals surface area (Å²) in [5.74, 6) is -0.755. The van der Waals surface area contributed by atoms with Gasteiger partial charge in [-0.3, -0.25) is 14.4 Å². The quantitative estimate of drug-likeness (QED) is 0.723. The van der Waals surface area contributed by atoms with E-state index in [1.165, 1.54) is 7.11 Å². The van der Waals surface area contributed by atoms with Crippen molar-refractivity contribution < 1.29 is 19.1 Å². The lowest BCUT2D eigenvalue weighted by molar-refractivity contribution is -0.141. The molecule has 1 saturated carbocycles. The van der Waals surface area contributed by atoms with Crippen molar-refractivity contribution in [1.82, 2.24) is 5.32 Å². The normalized spacial score (nSPS) is 14.1. The van der Waals surface area contributed by atoms with Crippen LogP contribution in [0.15, 0.2) is 48.5 Å². The van der Waals surface area contributed by atoms with Gasteiger partial charge in [0.05, 0.1) is 18.9 Å². The lowest BCUT2D eigenvalue weighted by atomic mass is 9.93. The minimum absolute atomic E-state index is 0.00155. The second-order valence-corrected chi connectivity index (χ2v) is 7.13. The van der Waals surface area contributed by atoms with E-state index in [4.69, 9.17) is 0 Å². The van der Waals surface area contributed by atoms with E-state index in [2.05, 4.69) is 21.4 Å². The SMILES string of the molecule is COC(=O)CNC(=O)Cc1ccc(NC(=O)C2(c3cccc(C)c3)CC2)cc1. The average Bonchev–Trinajstić information content (AvgIpc) is 3.50. The molecule has 0 radical (unpaired) electrons. The van der Waals surface area contributed by atoms with E-state index in [9.17, 15) is 14.4 Å². The number of carbonyl (C=O) groups excluding carboxylic acids is 3. The largest absolute Gasteiger partial charge is 0.468 e. The van der Waals surface area contributed by atoms with Crippen LogP contribution in [-0.2, 0) is 31.0 Å². The number of benzene rings is 2. The first-order chi connectivity index (χ1) is 13.4. The van der Waals surface area contributed by atoms with Crippen molar-refractivity contribution in [2.24, 2.45) is 0 Å². The fourth-order valence-corrected chi connectivity index (χ4v) is 3.16. The molecule has 28 heavy (non-hydrogen) atoms. The maximum absolute atomic E-state index is 12.8. The number of esters is 1. The number of carbonyl (C=O) groups is 3. The molecule has 6 nitrogen and oxygen atoms in total. The third-order valence-electron chi connectivity index (χ3n) is 4.99. The van der Waals surface area contributed by atoms with Crippen molar-refractivity contribution in [2.75, 3.05) is 19.0 Å². The van der Waals surface area contributed by atoms with Gasteiger partial charge in [-0.05, 0) is 43.0 Å². The van der Waals surface area contributed by atoms with Crippen LogP contribution >= 0.6 is 0 Å². The van der Waals surface area contributed by atoms with Gasteiger partial charge in [-0.25, -0.2) is 0 Å². The molecule has 0 aromatic heterocycles. The van der Waals surface area contributed by atoms with E-state index in [0.29, 0.717) is 5.69 Å². The number of nitrogens with one attached hydrogen (secondary N) is 2. The smallest absolute Gasteiger partial charge is 0.325 e. The molecular weight excluding hydrogens is 356 g/mol. The monoisotopic (exact) mass is 380 g/mol. The Kier molecular flexibility index (Phi) is 5.78. The summed E-state index contributed by atoms with van der Waals surface area (Å²) < 4.78 is 4.48. The van der Waals surface area contributed by atoms with Gasteiger partial charge < -0.3 is 15.4 Å². The third-order valence-corrected chi connectivity index (χ3v) is 4.99. The van der Waals surface area contributed by atoms with Gasteiger partial charge in [-0.2, -0.15) is 0 Å². The minimum atomic E-state index is -0.492. The van der Waals surface area contributed by atoms with Crippen LogP contribution in [0.1, 0.15) is 29.5 Å². The van der Waals surface area contributed by atoms with Gasteiger partial charge in [-0.15, -0.1) is 0 Å². The van der Waals surface area contributed by atoms with Gasteiger partial charge in [0.2, 0.25) is 11.8 Å². The van der Waals surface area contributed by atoms with E-state index in [-0.39, 0.29) is 24.8 Å². The van der Waals surface area contributed by atoms with Crippen LogP contribution in [0.3, 0.4) is 0 Å². The molecule has 1 fully saturated rings. The Bertz CT molecular complexity index is 886. The Balaban J connectivity index is 1.58. The van der Waals surface area contributed by atoms with E-state index in [0.717, 1.165) is 29.5 Å². The van der Waals surface area contributed by atoms with Crippen LogP contribution < -0.4 is 10.6 Å². The first-order valence-corrected chi connectivity index (χ1v) is 9.24. The van der Waals surface area contributed by atoms with Crippen molar-refractivity contribution in [3.63, 3.8) is 0 Å². The molecule has 1 aliphatic carbocycles. The second-order valence-electron chi connectivity index (χ2n) is 7.13. The fourth-order valence-electron chi connectivity index (χ4n) is 3.16. The van der Waals surface area contributed by atoms with Gasteiger partial charge in [0.25, 0.3) is 0 Å². The minimum Gasteiger partial charge on any atom is -0.468 e. The first kappa shape index (κ1) is 19.6. The zero-order valence-electron chi connectivity index (χ0n) is 16.1. The van der Waals surface area contributed by atoms with Crippen LogP contribution in [0.2, 0.25) is 0 Å². The number of hydrogen-bond acceptors (Lipinski definition) is 4. The number of hydrogen-bond donors (Lipinski definition) is 2. The van der Waals surface area contributed by atoms with E-state index >= 15 is 0 Å². The number of anilines is 1. The van der Waals surface area contributed by atoms with E-state index in [1.54, 1.807) is 24.3 Å². The molecule has 2 aromatic rings. The lowest BCUT2D eigenvalue weighted by Crippen LogP contribution is -2.31. The van der Waals surface area contributed by atoms with Gasteiger partial charge in [0.1, 0.15) is 6.54 Å². The molecule has 2 aromatic carbocycles. The Labute approximate surface area is 164 Å². The highest BCUT2D eigenvalue weighted by molar-refractivity contribution is 6.01. The van der Waals surface area contributed by atoms with Crippen LogP contribution in [0.25, 0.3) is 0 Å². The summed E-state index contributed by atoms with van der Waals surface area (Å²) in [6.07, 6.45) is 1.85. The van der Waals surface area contributed by atoms with Crippen molar-refractivity contribution >= 4 is 23.5 Å². The molecule has 0 atom stereocenters. The Morgan fingerprint density at radius 3 is 2.39 bits per heavy atom. The van der Waals surface area contributed by atoms with Crippen molar-refractivity contribution in [3.8, 4) is 0 Å². The molecule has 6 heteroatoms. The summed E-state index contributed by atoms with van der Waals surface area (Å²) in [6, 6.07) is 15.2. The molecule has 2 N–H and O–H groups in total. The van der Waals surface area contributed by atoms with E-state index in [1.807, 2.05) is 25.1 Å². The third kappa shape index (κ3) is 4.57. The van der Waals surface area contributed by atoms with Gasteiger partial charge in [-0.1, -0.05) is 42.0 Å². The molecule has 0 heterocycles. The highest BCUT2D eigenvalue weighted by Gasteiger charge is 2.51. The second kappa shape index (κ2) is 8.25. The summed E-state index contributed by atoms with van der Waals surface area (Å²) >= 11 is 0. The number of amides is 2. The van der Waals surface area contributed by atoms with E-state index < -0.39 is 11.4 Å². The molecule has 0 saturated heterocycles. The van der Waals surface area contributed by atoms with Crippen molar-refractivity contribution in [3.05, 3.63) is 65.2 Å². The Morgan fingerprint density at radius 2 is 1.79 bits per heavy atom. The zero-order valence-corrected chi connectivity index (χ0v) is 16.1. The molecular formula is C22H24N2O4. The Hall–Kier alpha value is -3.15. The molecule has 146 valence electrons. The summed E-state index contributed by atoms with van der Waals surface area (Å²) in [4.78, 5) is 35.7. The summed E-state index contributed by atoms with van der Waals surface area (Å²) in [7, 11) is 1.27. The maximum Gasteiger partial charge on any atom is 0.325 e. The van der Waals surface area contributed by atoms with Gasteiger partial charge >= 0.3 is 5.97 Å². The molecule has 0 unspecified atom stereocenters. The standard InChI is InChI=1S/C22H24N2O4/c1-15-4-3-5-17(12-15)22(10-11-22)21(27)24-18-8-6-16(7-9-18)13-19(25)23-14-20(26)28-2/h3-9,12H,10-11,13-14H2,1-2H3,(H,23,25)(H,24,27). The number of ether oxygens (including phenoxy) is 1. The molecule has 0 bridgehead atoms. The zero-order chi connectivity index (χ0) is 20.1. The molecule has 0 spiro atoms. The molecule has 3 rings (SSSR count). The summed E-state index contributed by atoms with van der Waals surface area (Å²) in [6.45, 7) is 1.88. The summed E-state index contributed by atoms with van der Waals surface area (Å²) in [5, 5.41) is 5.49. The van der Waals surface area contributed by atoms with Gasteiger partial charge in [0.15, 0.2) is 0 Å². The predicted molar refractivity (Wildman–Crippen MR) is 106 cm³/mol. The molecule has 0 aliphatic heterocycles. The number of rotatable bonds is 7. The Morgan fingerprint density at radius 1 is 1.07 bits per heavy atom.